The predicted molar refractivity (Wildman–Crippen MR) is 89.8 cm³/mol. The van der Waals surface area contributed by atoms with Gasteiger partial charge in [0.2, 0.25) is 17.7 Å². The molecule has 0 spiro atoms. The first-order valence-electron chi connectivity index (χ1n) is 8.32. The van der Waals surface area contributed by atoms with Crippen molar-refractivity contribution in [3.63, 3.8) is 0 Å². The molecule has 13 nitrogen and oxygen atoms in total. The molecule has 156 valence electrons. The van der Waals surface area contributed by atoms with E-state index < -0.39 is 73.1 Å². The van der Waals surface area contributed by atoms with E-state index in [1.807, 2.05) is 5.32 Å². The Kier molecular flexibility index (Phi) is 8.31. The number of carboxylic acid groups (broad SMARTS) is 3. The molecule has 1 saturated heterocycles. The Balaban J connectivity index is 2.60. The summed E-state index contributed by atoms with van der Waals surface area (Å²) in [5.41, 5.74) is 5.53. The predicted octanol–water partition coefficient (Wildman–Crippen LogP) is -3.06. The Hall–Kier alpha value is -3.22. The van der Waals surface area contributed by atoms with Gasteiger partial charge in [-0.05, 0) is 12.8 Å². The number of nitrogens with zero attached hydrogens (tertiary/aromatic N) is 1. The Labute approximate surface area is 158 Å². The van der Waals surface area contributed by atoms with Crippen LogP contribution in [-0.4, -0.2) is 87.1 Å². The van der Waals surface area contributed by atoms with Crippen LogP contribution < -0.4 is 16.4 Å². The summed E-state index contributed by atoms with van der Waals surface area (Å²) in [6, 6.07) is -3.89. The number of hydrogen-bond donors (Lipinski definition) is 6. The van der Waals surface area contributed by atoms with Gasteiger partial charge in [0.25, 0.3) is 0 Å². The molecular formula is C15H22N4O9. The first kappa shape index (κ1) is 22.8. The molecule has 1 rings (SSSR count). The molecule has 1 heterocycles. The van der Waals surface area contributed by atoms with E-state index in [1.165, 1.54) is 0 Å². The number of amides is 3. The van der Waals surface area contributed by atoms with Crippen LogP contribution in [0, 0.1) is 0 Å². The Morgan fingerprint density at radius 3 is 2.18 bits per heavy atom. The SMILES string of the molecule is NC(CC(=O)O)C(=O)N1CCCC1C(=O)NCC(=O)NC(CC(=O)O)C(=O)O. The fourth-order valence-corrected chi connectivity index (χ4v) is 2.70. The standard InChI is InChI=1S/C15H22N4O9/c16-7(4-11(21)22)14(26)19-3-1-2-9(19)13(25)17-6-10(20)18-8(15(27)28)5-12(23)24/h7-9H,1-6,16H2,(H,17,25)(H,18,20)(H,21,22)(H,23,24)(H,27,28). The van der Waals surface area contributed by atoms with Crippen molar-refractivity contribution in [1.82, 2.24) is 15.5 Å². The minimum atomic E-state index is -1.65. The second kappa shape index (κ2) is 10.2. The number of likely N-dealkylation sites (tertiary alicyclic amines) is 1. The van der Waals surface area contributed by atoms with E-state index in [2.05, 4.69) is 5.32 Å². The van der Waals surface area contributed by atoms with Gasteiger partial charge in [0, 0.05) is 6.54 Å². The molecule has 3 unspecified atom stereocenters. The average molecular weight is 402 g/mol. The molecule has 0 aromatic carbocycles. The van der Waals surface area contributed by atoms with Gasteiger partial charge in [0.15, 0.2) is 0 Å². The summed E-state index contributed by atoms with van der Waals surface area (Å²) in [6.45, 7) is -0.419. The first-order valence-corrected chi connectivity index (χ1v) is 8.32. The third-order valence-electron chi connectivity index (χ3n) is 3.99. The molecule has 1 aliphatic heterocycles. The Bertz CT molecular complexity index is 666. The van der Waals surface area contributed by atoms with Crippen LogP contribution in [0.3, 0.4) is 0 Å². The van der Waals surface area contributed by atoms with Crippen LogP contribution in [0.4, 0.5) is 0 Å². The maximum atomic E-state index is 12.3. The minimum absolute atomic E-state index is 0.204. The molecule has 0 aliphatic carbocycles. The average Bonchev–Trinajstić information content (AvgIpc) is 3.06. The van der Waals surface area contributed by atoms with Crippen LogP contribution in [-0.2, 0) is 28.8 Å². The molecule has 0 aromatic rings. The fourth-order valence-electron chi connectivity index (χ4n) is 2.70. The Morgan fingerprint density at radius 1 is 1.04 bits per heavy atom. The molecule has 3 atom stereocenters. The van der Waals surface area contributed by atoms with Crippen LogP contribution in [0.15, 0.2) is 0 Å². The number of hydrogen-bond acceptors (Lipinski definition) is 7. The van der Waals surface area contributed by atoms with Crippen molar-refractivity contribution in [3.05, 3.63) is 0 Å². The molecule has 3 amide bonds. The van der Waals surface area contributed by atoms with Crippen molar-refractivity contribution < 1.29 is 44.1 Å². The molecule has 28 heavy (non-hydrogen) atoms. The summed E-state index contributed by atoms with van der Waals surface area (Å²) in [6.07, 6.45) is -0.654. The van der Waals surface area contributed by atoms with E-state index in [9.17, 15) is 28.8 Å². The number of carbonyl (C=O) groups is 6. The van der Waals surface area contributed by atoms with E-state index >= 15 is 0 Å². The van der Waals surface area contributed by atoms with Crippen molar-refractivity contribution in [2.24, 2.45) is 5.73 Å². The lowest BCUT2D eigenvalue weighted by Crippen LogP contribution is -2.53. The highest BCUT2D eigenvalue weighted by Gasteiger charge is 2.36. The third-order valence-corrected chi connectivity index (χ3v) is 3.99. The summed E-state index contributed by atoms with van der Waals surface area (Å²) >= 11 is 0. The number of nitrogens with two attached hydrogens (primary N) is 1. The van der Waals surface area contributed by atoms with Crippen LogP contribution >= 0.6 is 0 Å². The highest BCUT2D eigenvalue weighted by Crippen LogP contribution is 2.18. The van der Waals surface area contributed by atoms with Crippen LogP contribution in [0.5, 0.6) is 0 Å². The molecule has 13 heteroatoms. The van der Waals surface area contributed by atoms with Crippen molar-refractivity contribution in [2.75, 3.05) is 13.1 Å². The topological polar surface area (TPSA) is 216 Å². The van der Waals surface area contributed by atoms with E-state index in [1.54, 1.807) is 0 Å². The van der Waals surface area contributed by atoms with E-state index in [-0.39, 0.29) is 13.0 Å². The first-order chi connectivity index (χ1) is 13.0. The number of carbonyl (C=O) groups excluding carboxylic acids is 3. The second-order valence-electron chi connectivity index (χ2n) is 6.17. The maximum Gasteiger partial charge on any atom is 0.326 e. The third kappa shape index (κ3) is 6.83. The van der Waals surface area contributed by atoms with Crippen molar-refractivity contribution in [3.8, 4) is 0 Å². The largest absolute Gasteiger partial charge is 0.481 e. The molecule has 0 aromatic heterocycles. The zero-order valence-corrected chi connectivity index (χ0v) is 14.8. The summed E-state index contributed by atoms with van der Waals surface area (Å²) in [7, 11) is 0. The molecular weight excluding hydrogens is 380 g/mol. The fraction of sp³-hybridized carbons (Fsp3) is 0.600. The van der Waals surface area contributed by atoms with Gasteiger partial charge in [-0.3, -0.25) is 24.0 Å². The van der Waals surface area contributed by atoms with Crippen molar-refractivity contribution in [2.45, 2.75) is 43.8 Å². The van der Waals surface area contributed by atoms with Gasteiger partial charge in [-0.15, -0.1) is 0 Å². The van der Waals surface area contributed by atoms with Gasteiger partial charge >= 0.3 is 17.9 Å². The maximum absolute atomic E-state index is 12.3. The van der Waals surface area contributed by atoms with Gasteiger partial charge in [0.05, 0.1) is 25.4 Å². The molecule has 1 fully saturated rings. The number of aliphatic carboxylic acids is 3. The molecule has 0 saturated carbocycles. The molecule has 7 N–H and O–H groups in total. The van der Waals surface area contributed by atoms with E-state index in [0.717, 1.165) is 4.90 Å². The van der Waals surface area contributed by atoms with Crippen molar-refractivity contribution >= 4 is 35.6 Å². The van der Waals surface area contributed by atoms with E-state index in [4.69, 9.17) is 21.1 Å². The monoisotopic (exact) mass is 402 g/mol. The Morgan fingerprint density at radius 2 is 1.64 bits per heavy atom. The summed E-state index contributed by atoms with van der Waals surface area (Å²) in [5.74, 6) is -6.52. The summed E-state index contributed by atoms with van der Waals surface area (Å²) in [5, 5.41) is 30.4. The van der Waals surface area contributed by atoms with Gasteiger partial charge in [0.1, 0.15) is 12.1 Å². The van der Waals surface area contributed by atoms with E-state index in [0.29, 0.717) is 6.42 Å². The highest BCUT2D eigenvalue weighted by molar-refractivity contribution is 5.94. The summed E-state index contributed by atoms with van der Waals surface area (Å²) in [4.78, 5) is 69.5. The lowest BCUT2D eigenvalue weighted by molar-refractivity contribution is -0.147. The van der Waals surface area contributed by atoms with Gasteiger partial charge < -0.3 is 36.6 Å². The minimum Gasteiger partial charge on any atom is -0.481 e. The molecule has 0 radical (unpaired) electrons. The zero-order chi connectivity index (χ0) is 21.4. The van der Waals surface area contributed by atoms with Gasteiger partial charge in [-0.1, -0.05) is 0 Å². The number of carboxylic acids is 3. The number of nitrogens with one attached hydrogen (secondary N) is 2. The van der Waals surface area contributed by atoms with Gasteiger partial charge in [-0.2, -0.15) is 0 Å². The zero-order valence-electron chi connectivity index (χ0n) is 14.8. The van der Waals surface area contributed by atoms with Crippen LogP contribution in [0.2, 0.25) is 0 Å². The van der Waals surface area contributed by atoms with Crippen LogP contribution in [0.25, 0.3) is 0 Å². The van der Waals surface area contributed by atoms with Crippen molar-refractivity contribution in [1.29, 1.82) is 0 Å². The quantitative estimate of drug-likeness (QED) is 0.217. The normalized spacial score (nSPS) is 18.0. The van der Waals surface area contributed by atoms with Gasteiger partial charge in [-0.25, -0.2) is 4.79 Å². The highest BCUT2D eigenvalue weighted by atomic mass is 16.4. The van der Waals surface area contributed by atoms with Crippen LogP contribution in [0.1, 0.15) is 25.7 Å². The smallest absolute Gasteiger partial charge is 0.326 e. The lowest BCUT2D eigenvalue weighted by atomic mass is 10.1. The second-order valence-corrected chi connectivity index (χ2v) is 6.17. The number of rotatable bonds is 10. The summed E-state index contributed by atoms with van der Waals surface area (Å²) < 4.78 is 0. The molecule has 1 aliphatic rings. The lowest BCUT2D eigenvalue weighted by Gasteiger charge is -2.26. The molecule has 0 bridgehead atoms.